The minimum absolute atomic E-state index is 0.0253. The molecule has 2 unspecified atom stereocenters. The van der Waals surface area contributed by atoms with Gasteiger partial charge in [-0.05, 0) is 67.0 Å². The number of nitrogens with zero attached hydrogens (tertiary/aromatic N) is 3. The molecular weight excluding hydrogens is 699 g/mol. The molecule has 1 N–H and O–H groups in total. The minimum atomic E-state index is -5.36. The van der Waals surface area contributed by atoms with Gasteiger partial charge in [0.1, 0.15) is 16.9 Å². The van der Waals surface area contributed by atoms with E-state index in [-0.39, 0.29) is 45.4 Å². The number of aliphatic hydroxyl groups excluding tert-OH is 1. The molecule has 258 valence electrons. The number of aliphatic hydroxyl groups is 1. The van der Waals surface area contributed by atoms with Crippen LogP contribution in [-0.4, -0.2) is 92.2 Å². The molecule has 0 aromatic heterocycles. The molecule has 2 aliphatic heterocycles. The van der Waals surface area contributed by atoms with Gasteiger partial charge in [0, 0.05) is 42.9 Å². The number of rotatable bonds is 8. The molecule has 17 heteroatoms. The van der Waals surface area contributed by atoms with E-state index in [1.807, 2.05) is 0 Å². The normalized spacial score (nSPS) is 22.1. The number of methoxy groups -OCH3 is 1. The highest BCUT2D eigenvalue weighted by Gasteiger charge is 2.64. The van der Waals surface area contributed by atoms with Crippen molar-refractivity contribution in [3.63, 3.8) is 0 Å². The summed E-state index contributed by atoms with van der Waals surface area (Å²) in [5.41, 5.74) is -1.80. The van der Waals surface area contributed by atoms with Crippen molar-refractivity contribution < 1.29 is 50.3 Å². The summed E-state index contributed by atoms with van der Waals surface area (Å²) in [6.07, 6.45) is -5.43. The molecule has 0 saturated carbocycles. The van der Waals surface area contributed by atoms with E-state index in [9.17, 15) is 36.0 Å². The largest absolute Gasteiger partial charge is 0.612 e. The highest BCUT2D eigenvalue weighted by Crippen LogP contribution is 2.55. The summed E-state index contributed by atoms with van der Waals surface area (Å²) in [7, 11) is -0.976. The lowest BCUT2D eigenvalue weighted by atomic mass is 9.80. The first-order chi connectivity index (χ1) is 22.3. The number of alkyl halides is 3. The summed E-state index contributed by atoms with van der Waals surface area (Å²) in [5, 5.41) is 11.0. The van der Waals surface area contributed by atoms with Gasteiger partial charge < -0.3 is 24.0 Å². The molecule has 2 aliphatic rings. The second-order valence-electron chi connectivity index (χ2n) is 11.6. The average Bonchev–Trinajstić information content (AvgIpc) is 3.50. The van der Waals surface area contributed by atoms with E-state index >= 15 is 4.79 Å². The lowest BCUT2D eigenvalue weighted by Gasteiger charge is -2.42. The molecule has 1 fully saturated rings. The number of benzene rings is 3. The third kappa shape index (κ3) is 5.98. The maximum atomic E-state index is 15.3. The summed E-state index contributed by atoms with van der Waals surface area (Å²) in [6.45, 7) is 1.43. The van der Waals surface area contributed by atoms with Gasteiger partial charge in [-0.2, -0.15) is 0 Å². The van der Waals surface area contributed by atoms with Crippen molar-refractivity contribution in [2.75, 3.05) is 38.3 Å². The standard InChI is InChI=1S/C31H31ClF3N3O8S2/c1-17-6-10-25(45-4)22(12-17)30(37-16-19(39)14-24(37)28(40)36(2)3)21-13-18(32)7-9-23(21)38(29(30)41)48(43,44)27-11-8-20(47(5)42)15-26(27)46-31(33,34)35/h6-13,15,19,24,39H,14,16H2,1-5H3/t19-,24+,30?,47?/m1/s1. The van der Waals surface area contributed by atoms with E-state index in [0.29, 0.717) is 15.9 Å². The van der Waals surface area contributed by atoms with Crippen LogP contribution in [0.2, 0.25) is 5.02 Å². The van der Waals surface area contributed by atoms with Crippen LogP contribution in [0, 0.1) is 6.92 Å². The Kier molecular flexibility index (Phi) is 9.48. The molecule has 0 spiro atoms. The predicted octanol–water partition coefficient (Wildman–Crippen LogP) is 3.80. The summed E-state index contributed by atoms with van der Waals surface area (Å²) in [5.74, 6) is -2.79. The van der Waals surface area contributed by atoms with E-state index in [1.54, 1.807) is 25.1 Å². The first-order valence-corrected chi connectivity index (χ1v) is 17.7. The number of anilines is 1. The Hall–Kier alpha value is -3.54. The zero-order valence-corrected chi connectivity index (χ0v) is 28.6. The summed E-state index contributed by atoms with van der Waals surface area (Å²) < 4.78 is 92.3. The van der Waals surface area contributed by atoms with E-state index in [0.717, 1.165) is 12.1 Å². The van der Waals surface area contributed by atoms with Crippen LogP contribution in [0.4, 0.5) is 18.9 Å². The van der Waals surface area contributed by atoms with Gasteiger partial charge in [0.25, 0.3) is 15.9 Å². The topological polar surface area (TPSA) is 140 Å². The SMILES string of the molecule is COc1ccc(C)cc1C1(N2C[C@H](O)C[C@H]2C(=O)N(C)C)C(=O)N(S(=O)(=O)c2ccc([S+](C)[O-])cc2OC(F)(F)F)c2ccc(Cl)cc21. The molecule has 48 heavy (non-hydrogen) atoms. The number of sulfonamides is 1. The lowest BCUT2D eigenvalue weighted by molar-refractivity contribution is -0.275. The monoisotopic (exact) mass is 729 g/mol. The van der Waals surface area contributed by atoms with Crippen molar-refractivity contribution in [3.05, 3.63) is 76.3 Å². The fourth-order valence-corrected chi connectivity index (χ4v) is 8.55. The Bertz CT molecular complexity index is 1890. The number of hydrogen-bond acceptors (Lipinski definition) is 9. The number of aryl methyl sites for hydroxylation is 1. The van der Waals surface area contributed by atoms with Gasteiger partial charge in [-0.15, -0.1) is 13.2 Å². The number of halogens is 4. The molecule has 1 saturated heterocycles. The number of amides is 2. The Balaban J connectivity index is 1.87. The maximum absolute atomic E-state index is 15.3. The number of carbonyl (C=O) groups is 2. The van der Waals surface area contributed by atoms with Crippen molar-refractivity contribution in [3.8, 4) is 11.5 Å². The van der Waals surface area contributed by atoms with Gasteiger partial charge in [0.05, 0.1) is 24.9 Å². The molecule has 11 nitrogen and oxygen atoms in total. The van der Waals surface area contributed by atoms with Gasteiger partial charge in [0.15, 0.2) is 16.2 Å². The number of fused-ring (bicyclic) bond motifs is 1. The number of likely N-dealkylation sites (tertiary alicyclic amines) is 1. The van der Waals surface area contributed by atoms with E-state index in [2.05, 4.69) is 4.74 Å². The maximum Gasteiger partial charge on any atom is 0.573 e. The van der Waals surface area contributed by atoms with Crippen LogP contribution in [-0.2, 0) is 36.3 Å². The molecule has 0 radical (unpaired) electrons. The number of carbonyl (C=O) groups excluding carboxylic acids is 2. The molecule has 2 heterocycles. The van der Waals surface area contributed by atoms with Gasteiger partial charge >= 0.3 is 6.36 Å². The molecule has 2 amide bonds. The quantitative estimate of drug-likeness (QED) is 0.343. The van der Waals surface area contributed by atoms with Gasteiger partial charge in [-0.1, -0.05) is 23.2 Å². The van der Waals surface area contributed by atoms with Gasteiger partial charge in [-0.25, -0.2) is 12.7 Å². The average molecular weight is 730 g/mol. The molecule has 0 bridgehead atoms. The Morgan fingerprint density at radius 1 is 1.10 bits per heavy atom. The van der Waals surface area contributed by atoms with E-state index in [4.69, 9.17) is 16.3 Å². The van der Waals surface area contributed by atoms with Crippen molar-refractivity contribution in [1.82, 2.24) is 9.80 Å². The zero-order valence-electron chi connectivity index (χ0n) is 26.2. The molecule has 3 aromatic carbocycles. The van der Waals surface area contributed by atoms with Crippen LogP contribution in [0.1, 0.15) is 23.1 Å². The zero-order chi connectivity index (χ0) is 35.5. The fraction of sp³-hybridized carbons (Fsp3) is 0.355. The number of ether oxygens (including phenoxy) is 2. The first kappa shape index (κ1) is 35.8. The lowest BCUT2D eigenvalue weighted by Crippen LogP contribution is -2.59. The number of β-amino-alcohol motifs (C(OH)–C–C–N with tert-alkyl or cyclic N) is 1. The van der Waals surface area contributed by atoms with Gasteiger partial charge in [-0.3, -0.25) is 14.5 Å². The third-order valence-electron chi connectivity index (χ3n) is 8.23. The minimum Gasteiger partial charge on any atom is -0.612 e. The van der Waals surface area contributed by atoms with Crippen LogP contribution < -0.4 is 13.8 Å². The second kappa shape index (κ2) is 12.7. The Labute approximate surface area is 283 Å². The summed E-state index contributed by atoms with van der Waals surface area (Å²) >= 11 is 4.64. The smallest absolute Gasteiger partial charge is 0.573 e. The molecule has 0 aliphatic carbocycles. The molecule has 4 atom stereocenters. The van der Waals surface area contributed by atoms with Crippen molar-refractivity contribution in [2.24, 2.45) is 0 Å². The Morgan fingerprint density at radius 3 is 2.40 bits per heavy atom. The van der Waals surface area contributed by atoms with Gasteiger partial charge in [0.2, 0.25) is 5.91 Å². The van der Waals surface area contributed by atoms with Crippen LogP contribution in [0.5, 0.6) is 11.5 Å². The van der Waals surface area contributed by atoms with E-state index in [1.165, 1.54) is 55.5 Å². The molecule has 5 rings (SSSR count). The number of likely N-dealkylation sites (N-methyl/N-ethyl adjacent to an activating group) is 1. The van der Waals surface area contributed by atoms with Crippen molar-refractivity contribution in [2.45, 2.75) is 47.2 Å². The van der Waals surface area contributed by atoms with Crippen molar-refractivity contribution in [1.29, 1.82) is 0 Å². The predicted molar refractivity (Wildman–Crippen MR) is 170 cm³/mol. The second-order valence-corrected chi connectivity index (χ2v) is 15.1. The van der Waals surface area contributed by atoms with Crippen molar-refractivity contribution >= 4 is 50.3 Å². The van der Waals surface area contributed by atoms with Crippen LogP contribution in [0.15, 0.2) is 64.4 Å². The van der Waals surface area contributed by atoms with E-state index < -0.39 is 67.7 Å². The van der Waals surface area contributed by atoms with Crippen LogP contribution in [0.3, 0.4) is 0 Å². The Morgan fingerprint density at radius 2 is 1.79 bits per heavy atom. The highest BCUT2D eigenvalue weighted by atomic mass is 35.5. The summed E-state index contributed by atoms with van der Waals surface area (Å²) in [4.78, 5) is 30.4. The fourth-order valence-electron chi connectivity index (χ4n) is 6.28. The first-order valence-electron chi connectivity index (χ1n) is 14.3. The number of hydrogen-bond donors (Lipinski definition) is 1. The third-order valence-corrected chi connectivity index (χ3v) is 11.1. The molecular formula is C31H31ClF3N3O8S2. The van der Waals surface area contributed by atoms with Crippen LogP contribution in [0.25, 0.3) is 0 Å². The summed E-state index contributed by atoms with van der Waals surface area (Å²) in [6, 6.07) is 10.0. The molecule has 3 aromatic rings. The van der Waals surface area contributed by atoms with Crippen LogP contribution >= 0.6 is 11.6 Å². The highest BCUT2D eigenvalue weighted by molar-refractivity contribution is 7.93.